The third-order valence-corrected chi connectivity index (χ3v) is 4.39. The molecule has 1 aliphatic rings. The van der Waals surface area contributed by atoms with Crippen molar-refractivity contribution in [2.24, 2.45) is 0 Å². The van der Waals surface area contributed by atoms with Crippen molar-refractivity contribution in [2.45, 2.75) is 12.6 Å². The molecule has 24 heavy (non-hydrogen) atoms. The number of hydrogen-bond acceptors (Lipinski definition) is 5. The fourth-order valence-corrected chi connectivity index (χ4v) is 3.26. The Balaban J connectivity index is 1.64. The van der Waals surface area contributed by atoms with E-state index in [2.05, 4.69) is 17.0 Å². The predicted octanol–water partition coefficient (Wildman–Crippen LogP) is 2.60. The molecule has 1 heterocycles. The predicted molar refractivity (Wildman–Crippen MR) is 92.3 cm³/mol. The quantitative estimate of drug-likeness (QED) is 0.778. The lowest BCUT2D eigenvalue weighted by atomic mass is 10.1. The van der Waals surface area contributed by atoms with Crippen LogP contribution in [-0.2, 0) is 21.4 Å². The van der Waals surface area contributed by atoms with E-state index in [0.717, 1.165) is 31.5 Å². The molecule has 0 spiro atoms. The second-order valence-electron chi connectivity index (χ2n) is 5.94. The van der Waals surface area contributed by atoms with Crippen molar-refractivity contribution in [3.05, 3.63) is 65.7 Å². The van der Waals surface area contributed by atoms with Gasteiger partial charge in [0.15, 0.2) is 0 Å². The first-order chi connectivity index (χ1) is 11.5. The molecule has 1 unspecified atom stereocenters. The van der Waals surface area contributed by atoms with Gasteiger partial charge in [-0.15, -0.1) is 0 Å². The number of morpholine rings is 1. The summed E-state index contributed by atoms with van der Waals surface area (Å²) in [4.78, 5) is 2.37. The zero-order valence-electron chi connectivity index (χ0n) is 13.6. The lowest BCUT2D eigenvalue weighted by Gasteiger charge is -2.33. The molecule has 6 heteroatoms. The second kappa shape index (κ2) is 7.34. The van der Waals surface area contributed by atoms with Gasteiger partial charge in [-0.2, -0.15) is 8.42 Å². The first kappa shape index (κ1) is 17.0. The van der Waals surface area contributed by atoms with Crippen LogP contribution in [0.1, 0.15) is 17.2 Å². The molecule has 1 saturated heterocycles. The average molecular weight is 347 g/mol. The van der Waals surface area contributed by atoms with Crippen LogP contribution in [0.25, 0.3) is 0 Å². The molecule has 1 atom stereocenters. The maximum atomic E-state index is 11.2. The fourth-order valence-electron chi connectivity index (χ4n) is 2.80. The lowest BCUT2D eigenvalue weighted by molar-refractivity contribution is -0.0329. The second-order valence-corrected chi connectivity index (χ2v) is 7.51. The monoisotopic (exact) mass is 347 g/mol. The van der Waals surface area contributed by atoms with Gasteiger partial charge in [-0.3, -0.25) is 4.90 Å². The average Bonchev–Trinajstić information content (AvgIpc) is 2.55. The SMILES string of the molecule is CS(=O)(=O)Oc1ccc(C2CN(Cc3ccccc3)CCO2)cc1. The Morgan fingerprint density at radius 3 is 2.50 bits per heavy atom. The van der Waals surface area contributed by atoms with Crippen LogP contribution in [0.3, 0.4) is 0 Å². The molecule has 1 fully saturated rings. The number of ether oxygens (including phenoxy) is 1. The van der Waals surface area contributed by atoms with Crippen molar-refractivity contribution in [3.8, 4) is 5.75 Å². The summed E-state index contributed by atoms with van der Waals surface area (Å²) in [5.74, 6) is 0.318. The summed E-state index contributed by atoms with van der Waals surface area (Å²) in [5, 5.41) is 0. The van der Waals surface area contributed by atoms with E-state index < -0.39 is 10.1 Å². The highest BCUT2D eigenvalue weighted by Crippen LogP contribution is 2.25. The largest absolute Gasteiger partial charge is 0.383 e. The molecule has 0 saturated carbocycles. The topological polar surface area (TPSA) is 55.8 Å². The van der Waals surface area contributed by atoms with Crippen molar-refractivity contribution < 1.29 is 17.3 Å². The Hall–Kier alpha value is -1.89. The van der Waals surface area contributed by atoms with Gasteiger partial charge in [0.25, 0.3) is 0 Å². The van der Waals surface area contributed by atoms with Crippen LogP contribution in [0.15, 0.2) is 54.6 Å². The van der Waals surface area contributed by atoms with Crippen LogP contribution in [0, 0.1) is 0 Å². The highest BCUT2D eigenvalue weighted by atomic mass is 32.2. The van der Waals surface area contributed by atoms with Crippen LogP contribution < -0.4 is 4.18 Å². The fraction of sp³-hybridized carbons (Fsp3) is 0.333. The summed E-state index contributed by atoms with van der Waals surface area (Å²) < 4.78 is 33.0. The molecule has 5 nitrogen and oxygen atoms in total. The molecular formula is C18H21NO4S. The molecule has 128 valence electrons. The maximum absolute atomic E-state index is 11.2. The van der Waals surface area contributed by atoms with E-state index in [9.17, 15) is 8.42 Å². The minimum Gasteiger partial charge on any atom is -0.383 e. The molecule has 0 amide bonds. The standard InChI is InChI=1S/C18H21NO4S/c1-24(20,21)23-17-9-7-16(8-10-17)18-14-19(11-12-22-18)13-15-5-3-2-4-6-15/h2-10,18H,11-14H2,1H3. The Labute approximate surface area is 142 Å². The number of rotatable bonds is 5. The first-order valence-electron chi connectivity index (χ1n) is 7.87. The molecule has 0 radical (unpaired) electrons. The summed E-state index contributed by atoms with van der Waals surface area (Å²) in [7, 11) is -3.50. The highest BCUT2D eigenvalue weighted by Gasteiger charge is 2.22. The zero-order valence-corrected chi connectivity index (χ0v) is 14.4. The Bertz CT molecular complexity index is 759. The molecule has 0 N–H and O–H groups in total. The molecule has 3 rings (SSSR count). The van der Waals surface area contributed by atoms with E-state index in [1.807, 2.05) is 30.3 Å². The molecule has 0 bridgehead atoms. The lowest BCUT2D eigenvalue weighted by Crippen LogP contribution is -2.37. The Morgan fingerprint density at radius 2 is 1.83 bits per heavy atom. The van der Waals surface area contributed by atoms with Gasteiger partial charge >= 0.3 is 10.1 Å². The molecular weight excluding hydrogens is 326 g/mol. The van der Waals surface area contributed by atoms with Gasteiger partial charge in [-0.1, -0.05) is 42.5 Å². The molecule has 2 aromatic carbocycles. The summed E-state index contributed by atoms with van der Waals surface area (Å²) >= 11 is 0. The minimum absolute atomic E-state index is 0.0188. The van der Waals surface area contributed by atoms with Crippen molar-refractivity contribution >= 4 is 10.1 Å². The first-order valence-corrected chi connectivity index (χ1v) is 9.68. The Morgan fingerprint density at radius 1 is 1.12 bits per heavy atom. The van der Waals surface area contributed by atoms with Gasteiger partial charge in [0.2, 0.25) is 0 Å². The van der Waals surface area contributed by atoms with Gasteiger partial charge in [0.05, 0.1) is 19.0 Å². The van der Waals surface area contributed by atoms with Crippen molar-refractivity contribution in [1.29, 1.82) is 0 Å². The van der Waals surface area contributed by atoms with E-state index >= 15 is 0 Å². The van der Waals surface area contributed by atoms with Gasteiger partial charge in [0, 0.05) is 19.6 Å². The number of benzene rings is 2. The van der Waals surface area contributed by atoms with Crippen molar-refractivity contribution in [2.75, 3.05) is 26.0 Å². The molecule has 1 aliphatic heterocycles. The van der Waals surface area contributed by atoms with Gasteiger partial charge in [-0.25, -0.2) is 0 Å². The normalized spacial score (nSPS) is 19.1. The van der Waals surface area contributed by atoms with E-state index in [1.165, 1.54) is 5.56 Å². The zero-order chi connectivity index (χ0) is 17.0. The summed E-state index contributed by atoms with van der Waals surface area (Å²) in [6.07, 6.45) is 1.02. The summed E-state index contributed by atoms with van der Waals surface area (Å²) in [6, 6.07) is 17.4. The van der Waals surface area contributed by atoms with E-state index in [-0.39, 0.29) is 6.10 Å². The summed E-state index contributed by atoms with van der Waals surface area (Å²) in [5.41, 5.74) is 2.31. The smallest absolute Gasteiger partial charge is 0.306 e. The van der Waals surface area contributed by atoms with Crippen LogP contribution in [0.2, 0.25) is 0 Å². The van der Waals surface area contributed by atoms with Crippen LogP contribution in [-0.4, -0.2) is 39.3 Å². The molecule has 2 aromatic rings. The van der Waals surface area contributed by atoms with Crippen LogP contribution >= 0.6 is 0 Å². The van der Waals surface area contributed by atoms with Crippen LogP contribution in [0.5, 0.6) is 5.75 Å². The van der Waals surface area contributed by atoms with Crippen LogP contribution in [0.4, 0.5) is 0 Å². The molecule has 0 aliphatic carbocycles. The van der Waals surface area contributed by atoms with Gasteiger partial charge in [-0.05, 0) is 23.3 Å². The highest BCUT2D eigenvalue weighted by molar-refractivity contribution is 7.86. The summed E-state index contributed by atoms with van der Waals surface area (Å²) in [6.45, 7) is 3.29. The van der Waals surface area contributed by atoms with Crippen molar-refractivity contribution in [3.63, 3.8) is 0 Å². The third-order valence-electron chi connectivity index (χ3n) is 3.90. The van der Waals surface area contributed by atoms with Gasteiger partial charge in [0.1, 0.15) is 5.75 Å². The minimum atomic E-state index is -3.50. The van der Waals surface area contributed by atoms with Crippen molar-refractivity contribution in [1.82, 2.24) is 4.90 Å². The third kappa shape index (κ3) is 4.80. The number of hydrogen-bond donors (Lipinski definition) is 0. The maximum Gasteiger partial charge on any atom is 0.306 e. The number of nitrogens with zero attached hydrogens (tertiary/aromatic N) is 1. The Kier molecular flexibility index (Phi) is 5.18. The van der Waals surface area contributed by atoms with Gasteiger partial charge < -0.3 is 8.92 Å². The molecule has 0 aromatic heterocycles. The van der Waals surface area contributed by atoms with E-state index in [1.54, 1.807) is 12.1 Å². The van der Waals surface area contributed by atoms with E-state index in [4.69, 9.17) is 8.92 Å². The van der Waals surface area contributed by atoms with E-state index in [0.29, 0.717) is 12.4 Å².